The molecule has 0 saturated carbocycles. The van der Waals surface area contributed by atoms with Crippen LogP contribution in [0.5, 0.6) is 0 Å². The third-order valence-corrected chi connectivity index (χ3v) is 2.82. The first-order valence-corrected chi connectivity index (χ1v) is 5.30. The predicted molar refractivity (Wildman–Crippen MR) is 51.0 cm³/mol. The van der Waals surface area contributed by atoms with Gasteiger partial charge in [0.05, 0.1) is 11.4 Å². The highest BCUT2D eigenvalue weighted by Crippen LogP contribution is 2.21. The Balaban J connectivity index is 1.90. The van der Waals surface area contributed by atoms with Crippen molar-refractivity contribution in [2.24, 2.45) is 0 Å². The fourth-order valence-electron chi connectivity index (χ4n) is 1.29. The van der Waals surface area contributed by atoms with Crippen LogP contribution in [-0.4, -0.2) is 28.2 Å². The van der Waals surface area contributed by atoms with Crippen LogP contribution >= 0.6 is 11.3 Å². The third-order valence-electron chi connectivity index (χ3n) is 2.23. The van der Waals surface area contributed by atoms with Gasteiger partial charge < -0.3 is 9.84 Å². The SMILES string of the molecule is c1nc(-c2noc(C3CNC3)n2)cs1. The van der Waals surface area contributed by atoms with Crippen LogP contribution in [-0.2, 0) is 0 Å². The molecule has 2 aromatic heterocycles. The quantitative estimate of drug-likeness (QED) is 0.793. The summed E-state index contributed by atoms with van der Waals surface area (Å²) >= 11 is 1.53. The van der Waals surface area contributed by atoms with Crippen molar-refractivity contribution >= 4 is 11.3 Å². The number of nitrogens with one attached hydrogen (secondary N) is 1. The number of hydrogen-bond acceptors (Lipinski definition) is 6. The molecule has 0 radical (unpaired) electrons. The van der Waals surface area contributed by atoms with Crippen molar-refractivity contribution < 1.29 is 4.52 Å². The summed E-state index contributed by atoms with van der Waals surface area (Å²) in [5.41, 5.74) is 2.55. The molecule has 1 saturated heterocycles. The predicted octanol–water partition coefficient (Wildman–Crippen LogP) is 0.880. The molecule has 2 aromatic rings. The summed E-state index contributed by atoms with van der Waals surface area (Å²) in [6.07, 6.45) is 0. The highest BCUT2D eigenvalue weighted by molar-refractivity contribution is 7.07. The lowest BCUT2D eigenvalue weighted by atomic mass is 10.0. The Morgan fingerprint density at radius 1 is 1.50 bits per heavy atom. The van der Waals surface area contributed by atoms with Crippen LogP contribution in [0, 0.1) is 0 Å². The highest BCUT2D eigenvalue weighted by Gasteiger charge is 2.25. The monoisotopic (exact) mass is 208 g/mol. The first kappa shape index (κ1) is 8.07. The molecule has 1 fully saturated rings. The van der Waals surface area contributed by atoms with Gasteiger partial charge in [-0.05, 0) is 0 Å². The van der Waals surface area contributed by atoms with E-state index in [-0.39, 0.29) is 0 Å². The van der Waals surface area contributed by atoms with Crippen molar-refractivity contribution in [1.82, 2.24) is 20.4 Å². The summed E-state index contributed by atoms with van der Waals surface area (Å²) in [5, 5.41) is 8.96. The second-order valence-corrected chi connectivity index (χ2v) is 3.90. The standard InChI is InChI=1S/C8H8N4OS/c1-5(2-9-1)8-11-7(12-13-8)6-3-14-4-10-6/h3-5,9H,1-2H2. The van der Waals surface area contributed by atoms with Gasteiger partial charge in [-0.25, -0.2) is 4.98 Å². The van der Waals surface area contributed by atoms with Gasteiger partial charge in [-0.3, -0.25) is 0 Å². The Kier molecular flexibility index (Phi) is 1.81. The van der Waals surface area contributed by atoms with E-state index in [9.17, 15) is 0 Å². The smallest absolute Gasteiger partial charge is 0.232 e. The van der Waals surface area contributed by atoms with Gasteiger partial charge in [0, 0.05) is 18.5 Å². The van der Waals surface area contributed by atoms with Crippen LogP contribution in [0.25, 0.3) is 11.5 Å². The molecule has 0 spiro atoms. The van der Waals surface area contributed by atoms with E-state index in [1.807, 2.05) is 5.38 Å². The Hall–Kier alpha value is -1.27. The minimum atomic E-state index is 0.384. The zero-order valence-corrected chi connectivity index (χ0v) is 8.12. The van der Waals surface area contributed by atoms with E-state index in [0.717, 1.165) is 18.8 Å². The van der Waals surface area contributed by atoms with E-state index in [4.69, 9.17) is 4.52 Å². The lowest BCUT2D eigenvalue weighted by Crippen LogP contribution is -2.40. The number of nitrogens with zero attached hydrogens (tertiary/aromatic N) is 3. The molecule has 1 aliphatic heterocycles. The third kappa shape index (κ3) is 1.23. The second kappa shape index (κ2) is 3.14. The van der Waals surface area contributed by atoms with E-state index in [0.29, 0.717) is 17.6 Å². The molecule has 0 aliphatic carbocycles. The van der Waals surface area contributed by atoms with E-state index < -0.39 is 0 Å². The topological polar surface area (TPSA) is 63.8 Å². The van der Waals surface area contributed by atoms with E-state index in [1.54, 1.807) is 5.51 Å². The number of aromatic nitrogens is 3. The molecule has 0 unspecified atom stereocenters. The minimum absolute atomic E-state index is 0.384. The molecule has 5 nitrogen and oxygen atoms in total. The van der Waals surface area contributed by atoms with Crippen LogP contribution in [0.3, 0.4) is 0 Å². The summed E-state index contributed by atoms with van der Waals surface area (Å²) < 4.78 is 5.16. The Morgan fingerprint density at radius 3 is 3.07 bits per heavy atom. The average Bonchev–Trinajstić information content (AvgIpc) is 2.65. The largest absolute Gasteiger partial charge is 0.339 e. The van der Waals surface area contributed by atoms with Gasteiger partial charge in [0.2, 0.25) is 11.7 Å². The van der Waals surface area contributed by atoms with Crippen molar-refractivity contribution in [2.45, 2.75) is 5.92 Å². The van der Waals surface area contributed by atoms with Crippen LogP contribution in [0.2, 0.25) is 0 Å². The summed E-state index contributed by atoms with van der Waals surface area (Å²) in [6.45, 7) is 1.86. The fraction of sp³-hybridized carbons (Fsp3) is 0.375. The molecule has 1 aliphatic rings. The molecule has 0 bridgehead atoms. The van der Waals surface area contributed by atoms with Gasteiger partial charge >= 0.3 is 0 Å². The van der Waals surface area contributed by atoms with Crippen molar-refractivity contribution in [1.29, 1.82) is 0 Å². The average molecular weight is 208 g/mol. The fourth-order valence-corrected chi connectivity index (χ4v) is 1.82. The molecule has 0 amide bonds. The maximum Gasteiger partial charge on any atom is 0.232 e. The van der Waals surface area contributed by atoms with Gasteiger partial charge in [0.1, 0.15) is 5.69 Å². The van der Waals surface area contributed by atoms with Gasteiger partial charge in [-0.15, -0.1) is 11.3 Å². The number of thiazole rings is 1. The summed E-state index contributed by atoms with van der Waals surface area (Å²) in [4.78, 5) is 8.42. The lowest BCUT2D eigenvalue weighted by Gasteiger charge is -2.22. The summed E-state index contributed by atoms with van der Waals surface area (Å²) in [5.74, 6) is 1.69. The molecule has 3 rings (SSSR count). The van der Waals surface area contributed by atoms with Crippen molar-refractivity contribution in [3.63, 3.8) is 0 Å². The summed E-state index contributed by atoms with van der Waals surface area (Å²) in [6, 6.07) is 0. The van der Waals surface area contributed by atoms with Crippen molar-refractivity contribution in [2.75, 3.05) is 13.1 Å². The highest BCUT2D eigenvalue weighted by atomic mass is 32.1. The maximum atomic E-state index is 5.16. The first-order chi connectivity index (χ1) is 6.93. The number of hydrogen-bond donors (Lipinski definition) is 1. The molecular weight excluding hydrogens is 200 g/mol. The first-order valence-electron chi connectivity index (χ1n) is 4.36. The van der Waals surface area contributed by atoms with E-state index in [1.165, 1.54) is 11.3 Å². The molecule has 0 atom stereocenters. The van der Waals surface area contributed by atoms with E-state index >= 15 is 0 Å². The Labute approximate surface area is 84.2 Å². The Morgan fingerprint density at radius 2 is 2.43 bits per heavy atom. The van der Waals surface area contributed by atoms with Gasteiger partial charge in [0.15, 0.2) is 0 Å². The van der Waals surface area contributed by atoms with Crippen LogP contribution in [0.15, 0.2) is 15.4 Å². The second-order valence-electron chi connectivity index (χ2n) is 3.19. The minimum Gasteiger partial charge on any atom is -0.339 e. The van der Waals surface area contributed by atoms with Crippen LogP contribution < -0.4 is 5.32 Å². The molecule has 14 heavy (non-hydrogen) atoms. The molecule has 1 N–H and O–H groups in total. The molecular formula is C8H8N4OS. The van der Waals surface area contributed by atoms with Gasteiger partial charge in [0.25, 0.3) is 0 Å². The zero-order chi connectivity index (χ0) is 9.38. The van der Waals surface area contributed by atoms with Gasteiger partial charge in [-0.1, -0.05) is 5.16 Å². The van der Waals surface area contributed by atoms with Crippen molar-refractivity contribution in [3.05, 3.63) is 16.8 Å². The zero-order valence-electron chi connectivity index (χ0n) is 7.30. The van der Waals surface area contributed by atoms with Crippen LogP contribution in [0.1, 0.15) is 11.8 Å². The van der Waals surface area contributed by atoms with E-state index in [2.05, 4.69) is 20.4 Å². The van der Waals surface area contributed by atoms with Crippen LogP contribution in [0.4, 0.5) is 0 Å². The molecule has 72 valence electrons. The molecule has 0 aromatic carbocycles. The normalized spacial score (nSPS) is 16.9. The van der Waals surface area contributed by atoms with Gasteiger partial charge in [-0.2, -0.15) is 4.98 Å². The molecule has 3 heterocycles. The van der Waals surface area contributed by atoms with Crippen molar-refractivity contribution in [3.8, 4) is 11.5 Å². The maximum absolute atomic E-state index is 5.16. The lowest BCUT2D eigenvalue weighted by molar-refractivity contribution is 0.308. The summed E-state index contributed by atoms with van der Waals surface area (Å²) in [7, 11) is 0. The molecule has 6 heteroatoms. The Bertz CT molecular complexity index is 420. The number of rotatable bonds is 2.